The molecule has 0 bridgehead atoms. The van der Waals surface area contributed by atoms with Crippen molar-refractivity contribution in [1.82, 2.24) is 15.6 Å². The first kappa shape index (κ1) is 39.4. The van der Waals surface area contributed by atoms with Crippen molar-refractivity contribution < 1.29 is 34.3 Å². The van der Waals surface area contributed by atoms with Gasteiger partial charge < -0.3 is 44.6 Å². The number of aromatic hydroxyl groups is 2. The molecule has 0 saturated heterocycles. The average Bonchev–Trinajstić information content (AvgIpc) is 3.77. The van der Waals surface area contributed by atoms with Crippen molar-refractivity contribution in [3.63, 3.8) is 0 Å². The van der Waals surface area contributed by atoms with Crippen molar-refractivity contribution in [2.75, 3.05) is 41.1 Å². The van der Waals surface area contributed by atoms with Crippen LogP contribution in [-0.4, -0.2) is 73.6 Å². The van der Waals surface area contributed by atoms with E-state index in [1.807, 2.05) is 56.7 Å². The Morgan fingerprint density at radius 1 is 0.852 bits per heavy atom. The van der Waals surface area contributed by atoms with Crippen molar-refractivity contribution in [2.24, 2.45) is 0 Å². The summed E-state index contributed by atoms with van der Waals surface area (Å²) in [5, 5.41) is 41.2. The first-order valence-electron chi connectivity index (χ1n) is 21.5. The second kappa shape index (κ2) is 16.2. The van der Waals surface area contributed by atoms with Crippen LogP contribution in [0.1, 0.15) is 74.4 Å². The molecule has 0 fully saturated rings. The second-order valence-electron chi connectivity index (χ2n) is 16.9. The highest BCUT2D eigenvalue weighted by Crippen LogP contribution is 2.60. The highest BCUT2D eigenvalue weighted by molar-refractivity contribution is 5.90. The number of fused-ring (bicyclic) bond motifs is 8. The van der Waals surface area contributed by atoms with Gasteiger partial charge in [0.1, 0.15) is 29.5 Å². The first-order valence-corrected chi connectivity index (χ1v) is 21.5. The molecule has 0 saturated carbocycles. The van der Waals surface area contributed by atoms with Crippen molar-refractivity contribution in [2.45, 2.75) is 68.7 Å². The number of nitrogens with one attached hydrogen (secondary N) is 3. The number of phenols is 2. The number of benzene rings is 5. The number of hydrogen-bond donors (Lipinski definition) is 6. The molecule has 0 amide bonds. The average molecular weight is 820 g/mol. The maximum atomic E-state index is 11.6. The maximum Gasteiger partial charge on any atom is 0.161 e. The second-order valence-corrected chi connectivity index (χ2v) is 16.9. The van der Waals surface area contributed by atoms with Crippen LogP contribution in [0.25, 0.3) is 28.1 Å². The molecule has 5 atom stereocenters. The Morgan fingerprint density at radius 2 is 1.72 bits per heavy atom. The molecule has 0 unspecified atom stereocenters. The number of likely N-dealkylation sites (N-methyl/N-ethyl adjacent to an activating group) is 1. The standard InChI is InChI=1S/C51H53N3O7/c1-52-25-33-21-39-42(56)16-14-35-46(39)40(45(33)30-11-15-41-29(19-30)17-18-54-41)23-37-38-24-44(59-27-53-2)49(61-50(38)36-13-12-34(26-55)60-51(36)47(35)37)32-20-31(48(57)43(22-32)58-3)10-9-28-7-5-4-6-8-28/h4-8,11,14-22,34,40,44-45,49,52-57H,9-10,12-13,23-27H2,1-3H3/t34-,40-,44-,45+,49-/m1/s1. The number of aryl methyl sites for hydroxylation is 2. The molecule has 4 aliphatic rings. The summed E-state index contributed by atoms with van der Waals surface area (Å²) in [6, 6.07) is 26.9. The van der Waals surface area contributed by atoms with Crippen LogP contribution in [0.4, 0.5) is 0 Å². The lowest BCUT2D eigenvalue weighted by Gasteiger charge is -2.44. The van der Waals surface area contributed by atoms with Crippen LogP contribution >= 0.6 is 0 Å². The van der Waals surface area contributed by atoms with E-state index in [1.165, 1.54) is 16.7 Å². The van der Waals surface area contributed by atoms with E-state index in [9.17, 15) is 15.3 Å². The number of H-pyrrole nitrogens is 1. The molecule has 6 aromatic rings. The fourth-order valence-electron chi connectivity index (χ4n) is 10.6. The third-order valence-electron chi connectivity index (χ3n) is 13.4. The Hall–Kier alpha value is -5.78. The lowest BCUT2D eigenvalue weighted by atomic mass is 9.63. The third kappa shape index (κ3) is 6.82. The Bertz CT molecular complexity index is 2650. The number of rotatable bonds is 12. The van der Waals surface area contributed by atoms with Gasteiger partial charge in [0.05, 0.1) is 20.4 Å². The lowest BCUT2D eigenvalue weighted by molar-refractivity contribution is -0.0436. The van der Waals surface area contributed by atoms with E-state index in [-0.39, 0.29) is 42.1 Å². The zero-order valence-corrected chi connectivity index (χ0v) is 34.9. The van der Waals surface area contributed by atoms with Crippen LogP contribution in [0.2, 0.25) is 0 Å². The van der Waals surface area contributed by atoms with Crippen molar-refractivity contribution in [3.8, 4) is 39.9 Å². The number of aliphatic hydroxyl groups is 1. The number of aromatic nitrogens is 1. The molecule has 61 heavy (non-hydrogen) atoms. The first-order chi connectivity index (χ1) is 29.9. The van der Waals surface area contributed by atoms with E-state index in [1.54, 1.807) is 7.11 Å². The fraction of sp³-hybridized carbons (Fsp3) is 0.333. The number of aromatic amines is 1. The molecule has 314 valence electrons. The SMILES string of the molecule is CNCO[C@@H]1Cc2c3c(c4c(c2O[C@@H]1c1cc(CCc2ccccc2)c(O)c(OC)c1)CC[C@H](CO)O4)-c1ccc(O)c2c1[C@H](C3)[C@@H](c1ccc3[nH]ccc3c1)C(CNC)=C2. The summed E-state index contributed by atoms with van der Waals surface area (Å²) >= 11 is 0. The van der Waals surface area contributed by atoms with Gasteiger partial charge in [-0.3, -0.25) is 5.32 Å². The summed E-state index contributed by atoms with van der Waals surface area (Å²) in [6.07, 6.45) is 6.85. The quantitative estimate of drug-likeness (QED) is 0.0679. The van der Waals surface area contributed by atoms with Gasteiger partial charge in [0.25, 0.3) is 0 Å². The molecule has 0 radical (unpaired) electrons. The van der Waals surface area contributed by atoms with E-state index in [0.717, 1.165) is 78.9 Å². The summed E-state index contributed by atoms with van der Waals surface area (Å²) < 4.78 is 26.6. The van der Waals surface area contributed by atoms with Gasteiger partial charge in [-0.25, -0.2) is 0 Å². The van der Waals surface area contributed by atoms with E-state index < -0.39 is 6.10 Å². The summed E-state index contributed by atoms with van der Waals surface area (Å²) in [7, 11) is 5.43. The Labute approximate surface area is 356 Å². The van der Waals surface area contributed by atoms with Gasteiger partial charge in [-0.15, -0.1) is 0 Å². The van der Waals surface area contributed by atoms with Crippen LogP contribution in [0.3, 0.4) is 0 Å². The summed E-state index contributed by atoms with van der Waals surface area (Å²) in [5.41, 5.74) is 13.7. The third-order valence-corrected chi connectivity index (χ3v) is 13.4. The van der Waals surface area contributed by atoms with E-state index in [2.05, 4.69) is 64.2 Å². The number of hydrogen-bond acceptors (Lipinski definition) is 9. The molecular weight excluding hydrogens is 767 g/mol. The monoisotopic (exact) mass is 819 g/mol. The van der Waals surface area contributed by atoms with E-state index >= 15 is 0 Å². The molecule has 2 aliphatic carbocycles. The fourth-order valence-corrected chi connectivity index (χ4v) is 10.6. The Morgan fingerprint density at radius 3 is 2.52 bits per heavy atom. The van der Waals surface area contributed by atoms with Gasteiger partial charge in [0.15, 0.2) is 17.6 Å². The van der Waals surface area contributed by atoms with Crippen LogP contribution in [-0.2, 0) is 36.8 Å². The number of methoxy groups -OCH3 is 1. The minimum atomic E-state index is -0.524. The largest absolute Gasteiger partial charge is 0.507 e. The minimum absolute atomic E-state index is 0.00310. The van der Waals surface area contributed by atoms with Gasteiger partial charge in [0, 0.05) is 52.9 Å². The molecule has 0 spiro atoms. The maximum absolute atomic E-state index is 11.6. The van der Waals surface area contributed by atoms with Crippen LogP contribution in [0, 0.1) is 0 Å². The smallest absolute Gasteiger partial charge is 0.161 e. The van der Waals surface area contributed by atoms with Gasteiger partial charge >= 0.3 is 0 Å². The molecule has 6 N–H and O–H groups in total. The van der Waals surface area contributed by atoms with E-state index in [4.69, 9.17) is 18.9 Å². The molecule has 1 aromatic heterocycles. The predicted octanol–water partition coefficient (Wildman–Crippen LogP) is 8.00. The minimum Gasteiger partial charge on any atom is -0.507 e. The van der Waals surface area contributed by atoms with Gasteiger partial charge in [-0.2, -0.15) is 0 Å². The van der Waals surface area contributed by atoms with Crippen LogP contribution < -0.4 is 24.8 Å². The zero-order chi connectivity index (χ0) is 41.8. The number of aliphatic hydroxyl groups excluding tert-OH is 1. The number of ether oxygens (including phenoxy) is 4. The summed E-state index contributed by atoms with van der Waals surface area (Å²) in [4.78, 5) is 3.36. The predicted molar refractivity (Wildman–Crippen MR) is 237 cm³/mol. The topological polar surface area (TPSA) is 137 Å². The molecule has 10 nitrogen and oxygen atoms in total. The van der Waals surface area contributed by atoms with Gasteiger partial charge in [0.2, 0.25) is 0 Å². The van der Waals surface area contributed by atoms with Crippen molar-refractivity contribution in [1.29, 1.82) is 0 Å². The Kier molecular flexibility index (Phi) is 10.5. The molecule has 10 heteroatoms. The van der Waals surface area contributed by atoms with Gasteiger partial charge in [-0.1, -0.05) is 42.5 Å². The molecular formula is C51H53N3O7. The highest BCUT2D eigenvalue weighted by Gasteiger charge is 2.45. The summed E-state index contributed by atoms with van der Waals surface area (Å²) in [6.45, 7) is 0.893. The Balaban J connectivity index is 1.14. The summed E-state index contributed by atoms with van der Waals surface area (Å²) in [5.74, 6) is 2.38. The van der Waals surface area contributed by atoms with Crippen LogP contribution in [0.15, 0.2) is 90.6 Å². The molecule has 3 heterocycles. The van der Waals surface area contributed by atoms with E-state index in [0.29, 0.717) is 51.1 Å². The van der Waals surface area contributed by atoms with Crippen molar-refractivity contribution >= 4 is 17.0 Å². The highest BCUT2D eigenvalue weighted by atomic mass is 16.6. The molecule has 2 aliphatic heterocycles. The molecule has 5 aromatic carbocycles. The van der Waals surface area contributed by atoms with Crippen molar-refractivity contribution in [3.05, 3.63) is 141 Å². The molecule has 10 rings (SSSR count). The zero-order valence-electron chi connectivity index (χ0n) is 34.9. The lowest BCUT2D eigenvalue weighted by Crippen LogP contribution is -2.38. The number of phenolic OH excluding ortho intramolecular Hbond substituents is 2. The van der Waals surface area contributed by atoms with Crippen LogP contribution in [0.5, 0.6) is 28.7 Å². The normalized spacial score (nSPS) is 21.0. The van der Waals surface area contributed by atoms with Gasteiger partial charge in [-0.05, 0) is 144 Å².